The normalized spacial score (nSPS) is 11.9. The Morgan fingerprint density at radius 2 is 1.41 bits per heavy atom. The van der Waals surface area contributed by atoms with Crippen LogP contribution in [0.3, 0.4) is 0 Å². The van der Waals surface area contributed by atoms with Gasteiger partial charge in [-0.15, -0.1) is 0 Å². The molecule has 0 aliphatic rings. The zero-order valence-electron chi connectivity index (χ0n) is 13.6. The lowest BCUT2D eigenvalue weighted by molar-refractivity contribution is 0.415. The van der Waals surface area contributed by atoms with Gasteiger partial charge in [0.15, 0.2) is 0 Å². The predicted molar refractivity (Wildman–Crippen MR) is 93.9 cm³/mol. The summed E-state index contributed by atoms with van der Waals surface area (Å²) in [6.45, 7) is 6.19. The summed E-state index contributed by atoms with van der Waals surface area (Å²) in [7, 11) is 1.66. The van der Waals surface area contributed by atoms with Crippen molar-refractivity contribution in [1.82, 2.24) is 0 Å². The van der Waals surface area contributed by atoms with Gasteiger partial charge in [0, 0.05) is 11.4 Å². The summed E-state index contributed by atoms with van der Waals surface area (Å²) in [5.41, 5.74) is 1.76. The molecule has 0 aliphatic heterocycles. The first-order valence-corrected chi connectivity index (χ1v) is 7.29. The molecule has 0 bridgehead atoms. The fraction of sp³-hybridized carbons (Fsp3) is 0.278. The van der Waals surface area contributed by atoms with E-state index in [9.17, 15) is 0 Å². The molecule has 4 heteroatoms. The van der Waals surface area contributed by atoms with E-state index in [2.05, 4.69) is 31.4 Å². The minimum Gasteiger partial charge on any atom is -0.497 e. The van der Waals surface area contributed by atoms with E-state index in [-0.39, 0.29) is 5.54 Å². The van der Waals surface area contributed by atoms with Gasteiger partial charge in [-0.05, 0) is 57.2 Å². The van der Waals surface area contributed by atoms with Crippen LogP contribution in [0, 0.1) is 0 Å². The first-order chi connectivity index (χ1) is 10.5. The number of hydrogen-bond acceptors (Lipinski definition) is 2. The van der Waals surface area contributed by atoms with E-state index in [0.29, 0.717) is 5.96 Å². The molecule has 0 aliphatic carbocycles. The third-order valence-electron chi connectivity index (χ3n) is 2.84. The van der Waals surface area contributed by atoms with Crippen LogP contribution in [0.5, 0.6) is 5.75 Å². The van der Waals surface area contributed by atoms with E-state index in [0.717, 1.165) is 17.1 Å². The van der Waals surface area contributed by atoms with E-state index >= 15 is 0 Å². The zero-order valence-corrected chi connectivity index (χ0v) is 13.6. The van der Waals surface area contributed by atoms with Crippen molar-refractivity contribution in [2.45, 2.75) is 26.3 Å². The number of rotatable bonds is 3. The van der Waals surface area contributed by atoms with Gasteiger partial charge in [-0.25, -0.2) is 4.99 Å². The highest BCUT2D eigenvalue weighted by Crippen LogP contribution is 2.17. The maximum atomic E-state index is 5.18. The third kappa shape index (κ3) is 5.13. The molecule has 0 amide bonds. The van der Waals surface area contributed by atoms with Crippen molar-refractivity contribution < 1.29 is 4.74 Å². The molecule has 0 saturated carbocycles. The lowest BCUT2D eigenvalue weighted by Crippen LogP contribution is -2.26. The minimum absolute atomic E-state index is 0.184. The molecule has 0 atom stereocenters. The molecular formula is C18H23N3O. The molecule has 0 unspecified atom stereocenters. The Balaban J connectivity index is 2.19. The number of anilines is 2. The van der Waals surface area contributed by atoms with Crippen LogP contribution in [0.1, 0.15) is 20.8 Å². The van der Waals surface area contributed by atoms with Gasteiger partial charge in [-0.1, -0.05) is 18.2 Å². The molecule has 22 heavy (non-hydrogen) atoms. The van der Waals surface area contributed by atoms with Gasteiger partial charge in [0.25, 0.3) is 0 Å². The highest BCUT2D eigenvalue weighted by molar-refractivity contribution is 6.03. The van der Waals surface area contributed by atoms with Gasteiger partial charge >= 0.3 is 0 Å². The molecule has 0 heterocycles. The maximum Gasteiger partial charge on any atom is 0.200 e. The zero-order chi connectivity index (χ0) is 16.0. The fourth-order valence-electron chi connectivity index (χ4n) is 1.89. The van der Waals surface area contributed by atoms with Crippen LogP contribution < -0.4 is 15.4 Å². The van der Waals surface area contributed by atoms with Gasteiger partial charge in [0.2, 0.25) is 5.96 Å². The molecule has 0 radical (unpaired) electrons. The maximum absolute atomic E-state index is 5.18. The number of nitrogens with one attached hydrogen (secondary N) is 2. The Kier molecular flexibility index (Phi) is 5.04. The number of nitrogens with zero attached hydrogens (tertiary/aromatic N) is 1. The highest BCUT2D eigenvalue weighted by atomic mass is 16.5. The summed E-state index contributed by atoms with van der Waals surface area (Å²) in [5, 5.41) is 6.64. The SMILES string of the molecule is COc1ccc(NC(=NC(C)(C)C)Nc2ccccc2)cc1. The molecule has 0 fully saturated rings. The summed E-state index contributed by atoms with van der Waals surface area (Å²) in [5.74, 6) is 1.54. The summed E-state index contributed by atoms with van der Waals surface area (Å²) in [4.78, 5) is 4.71. The third-order valence-corrected chi connectivity index (χ3v) is 2.84. The number of aliphatic imine (C=N–C) groups is 1. The van der Waals surface area contributed by atoms with Gasteiger partial charge in [-0.3, -0.25) is 0 Å². The molecular weight excluding hydrogens is 274 g/mol. The van der Waals surface area contributed by atoms with E-state index < -0.39 is 0 Å². The van der Waals surface area contributed by atoms with Gasteiger partial charge in [-0.2, -0.15) is 0 Å². The van der Waals surface area contributed by atoms with E-state index in [1.165, 1.54) is 0 Å². The van der Waals surface area contributed by atoms with Gasteiger partial charge in [0.1, 0.15) is 5.75 Å². The molecule has 2 aromatic rings. The van der Waals surface area contributed by atoms with Crippen molar-refractivity contribution in [3.05, 3.63) is 54.6 Å². The lowest BCUT2D eigenvalue weighted by atomic mass is 10.1. The second-order valence-corrected chi connectivity index (χ2v) is 5.98. The van der Waals surface area contributed by atoms with Crippen molar-refractivity contribution in [3.63, 3.8) is 0 Å². The van der Waals surface area contributed by atoms with Crippen molar-refractivity contribution in [2.75, 3.05) is 17.7 Å². The second kappa shape index (κ2) is 6.98. The van der Waals surface area contributed by atoms with Gasteiger partial charge < -0.3 is 15.4 Å². The highest BCUT2D eigenvalue weighted by Gasteiger charge is 2.11. The topological polar surface area (TPSA) is 45.6 Å². The summed E-state index contributed by atoms with van der Waals surface area (Å²) < 4.78 is 5.18. The standard InChI is InChI=1S/C18H23N3O/c1-18(2,3)21-17(19-14-8-6-5-7-9-14)20-15-10-12-16(22-4)13-11-15/h5-13H,1-4H3,(H2,19,20,21). The van der Waals surface area contributed by atoms with Crippen molar-refractivity contribution in [1.29, 1.82) is 0 Å². The molecule has 116 valence electrons. The largest absolute Gasteiger partial charge is 0.497 e. The summed E-state index contributed by atoms with van der Waals surface area (Å²) in [6, 6.07) is 17.7. The summed E-state index contributed by atoms with van der Waals surface area (Å²) >= 11 is 0. The average molecular weight is 297 g/mol. The molecule has 0 aromatic heterocycles. The van der Waals surface area contributed by atoms with Crippen LogP contribution in [0.15, 0.2) is 59.6 Å². The van der Waals surface area contributed by atoms with Crippen LogP contribution >= 0.6 is 0 Å². The first kappa shape index (κ1) is 15.9. The fourth-order valence-corrected chi connectivity index (χ4v) is 1.89. The van der Waals surface area contributed by atoms with Crippen LogP contribution in [0.2, 0.25) is 0 Å². The average Bonchev–Trinajstić information content (AvgIpc) is 2.47. The Bertz CT molecular complexity index is 613. The number of ether oxygens (including phenoxy) is 1. The van der Waals surface area contributed by atoms with Gasteiger partial charge in [0.05, 0.1) is 12.6 Å². The van der Waals surface area contributed by atoms with E-state index in [4.69, 9.17) is 9.73 Å². The second-order valence-electron chi connectivity index (χ2n) is 5.98. The first-order valence-electron chi connectivity index (χ1n) is 7.29. The van der Waals surface area contributed by atoms with Crippen molar-refractivity contribution in [3.8, 4) is 5.75 Å². The molecule has 0 spiro atoms. The van der Waals surface area contributed by atoms with Crippen molar-refractivity contribution in [2.24, 2.45) is 4.99 Å². The number of methoxy groups -OCH3 is 1. The van der Waals surface area contributed by atoms with Crippen LogP contribution in [0.25, 0.3) is 0 Å². The smallest absolute Gasteiger partial charge is 0.200 e. The lowest BCUT2D eigenvalue weighted by Gasteiger charge is -2.18. The Morgan fingerprint density at radius 1 is 0.864 bits per heavy atom. The van der Waals surface area contributed by atoms with Crippen LogP contribution in [-0.2, 0) is 0 Å². The van der Waals surface area contributed by atoms with Crippen LogP contribution in [0.4, 0.5) is 11.4 Å². The minimum atomic E-state index is -0.184. The summed E-state index contributed by atoms with van der Waals surface area (Å²) in [6.07, 6.45) is 0. The molecule has 2 N–H and O–H groups in total. The Hall–Kier alpha value is -2.49. The van der Waals surface area contributed by atoms with Crippen LogP contribution in [-0.4, -0.2) is 18.6 Å². The number of hydrogen-bond donors (Lipinski definition) is 2. The molecule has 2 rings (SSSR count). The molecule has 4 nitrogen and oxygen atoms in total. The Labute approximate surface area is 132 Å². The monoisotopic (exact) mass is 297 g/mol. The molecule has 0 saturated heterocycles. The molecule has 2 aromatic carbocycles. The predicted octanol–water partition coefficient (Wildman–Crippen LogP) is 4.37. The Morgan fingerprint density at radius 3 is 1.91 bits per heavy atom. The van der Waals surface area contributed by atoms with E-state index in [1.54, 1.807) is 7.11 Å². The quantitative estimate of drug-likeness (QED) is 0.653. The van der Waals surface area contributed by atoms with E-state index in [1.807, 2.05) is 54.6 Å². The number of benzene rings is 2. The number of para-hydroxylation sites is 1. The van der Waals surface area contributed by atoms with Crippen molar-refractivity contribution >= 4 is 17.3 Å². The number of guanidine groups is 1.